The maximum atomic E-state index is 12.3. The van der Waals surface area contributed by atoms with Gasteiger partial charge in [0.25, 0.3) is 5.91 Å². The number of carbonyl (C=O) groups is 1. The molecule has 98 valence electrons. The Kier molecular flexibility index (Phi) is 2.85. The first-order valence-electron chi connectivity index (χ1n) is 7.43. The smallest absolute Gasteiger partial charge is 0.251 e. The molecule has 0 radical (unpaired) electrons. The van der Waals surface area contributed by atoms with Crippen LogP contribution >= 0.6 is 0 Å². The SMILES string of the molecule is [2H]C([2H])(NC(=O)c1ccc2ccccc2c1)c1ccccc1. The molecule has 20 heavy (non-hydrogen) atoms. The molecule has 0 heterocycles. The van der Waals surface area contributed by atoms with Crippen LogP contribution in [-0.4, -0.2) is 5.91 Å². The second kappa shape index (κ2) is 5.57. The van der Waals surface area contributed by atoms with Crippen LogP contribution in [0.4, 0.5) is 0 Å². The molecule has 0 aliphatic rings. The molecule has 0 aliphatic carbocycles. The number of hydrogen-bond acceptors (Lipinski definition) is 1. The van der Waals surface area contributed by atoms with Gasteiger partial charge in [-0.15, -0.1) is 0 Å². The summed E-state index contributed by atoms with van der Waals surface area (Å²) in [6.07, 6.45) is 0. The summed E-state index contributed by atoms with van der Waals surface area (Å²) in [6, 6.07) is 21.7. The number of carbonyl (C=O) groups excluding carboxylic acids is 1. The van der Waals surface area contributed by atoms with Crippen molar-refractivity contribution in [3.05, 3.63) is 83.9 Å². The summed E-state index contributed by atoms with van der Waals surface area (Å²) in [5.74, 6) is -0.431. The van der Waals surface area contributed by atoms with Crippen LogP contribution in [0.2, 0.25) is 0 Å². The van der Waals surface area contributed by atoms with Crippen LogP contribution in [0.25, 0.3) is 10.8 Å². The zero-order chi connectivity index (χ0) is 15.6. The number of amides is 1. The quantitative estimate of drug-likeness (QED) is 0.765. The molecule has 3 rings (SSSR count). The van der Waals surface area contributed by atoms with E-state index in [0.717, 1.165) is 10.8 Å². The van der Waals surface area contributed by atoms with E-state index in [1.54, 1.807) is 36.4 Å². The fourth-order valence-corrected chi connectivity index (χ4v) is 2.05. The third kappa shape index (κ3) is 2.69. The van der Waals surface area contributed by atoms with E-state index in [2.05, 4.69) is 5.32 Å². The standard InChI is InChI=1S/C18H15NO/c20-18(19-13-14-6-2-1-3-7-14)17-11-10-15-8-4-5-9-16(15)12-17/h1-12H,13H2,(H,19,20)/i13D2. The maximum Gasteiger partial charge on any atom is 0.251 e. The lowest BCUT2D eigenvalue weighted by Gasteiger charge is -2.06. The minimum absolute atomic E-state index is 0.420. The second-order valence-electron chi connectivity index (χ2n) is 4.51. The van der Waals surface area contributed by atoms with E-state index in [1.165, 1.54) is 0 Å². The van der Waals surface area contributed by atoms with Crippen molar-refractivity contribution in [2.75, 3.05) is 0 Å². The summed E-state index contributed by atoms with van der Waals surface area (Å²) in [4.78, 5) is 12.3. The van der Waals surface area contributed by atoms with Crippen LogP contribution < -0.4 is 5.32 Å². The van der Waals surface area contributed by atoms with Crippen molar-refractivity contribution < 1.29 is 7.54 Å². The Morgan fingerprint density at radius 2 is 1.60 bits per heavy atom. The molecule has 1 N–H and O–H groups in total. The van der Waals surface area contributed by atoms with Crippen LogP contribution in [0.5, 0.6) is 0 Å². The molecule has 0 spiro atoms. The molecule has 0 fully saturated rings. The maximum absolute atomic E-state index is 12.3. The van der Waals surface area contributed by atoms with Crippen LogP contribution in [0.3, 0.4) is 0 Å². The molecule has 0 saturated carbocycles. The average Bonchev–Trinajstić information content (AvgIpc) is 2.55. The Hall–Kier alpha value is -2.61. The summed E-state index contributed by atoms with van der Waals surface area (Å²) in [6.45, 7) is -1.91. The largest absolute Gasteiger partial charge is 0.348 e. The first kappa shape index (κ1) is 10.2. The molecule has 3 aromatic carbocycles. The minimum atomic E-state index is -1.91. The number of fused-ring (bicyclic) bond motifs is 1. The lowest BCUT2D eigenvalue weighted by Crippen LogP contribution is -2.22. The van der Waals surface area contributed by atoms with Crippen molar-refractivity contribution in [2.24, 2.45) is 0 Å². The highest BCUT2D eigenvalue weighted by Gasteiger charge is 2.05. The van der Waals surface area contributed by atoms with Gasteiger partial charge in [-0.25, -0.2) is 0 Å². The molecular formula is C18H15NO. The highest BCUT2D eigenvalue weighted by atomic mass is 16.1. The first-order valence-corrected chi connectivity index (χ1v) is 6.43. The lowest BCUT2D eigenvalue weighted by atomic mass is 10.1. The van der Waals surface area contributed by atoms with Crippen LogP contribution in [0.1, 0.15) is 18.7 Å². The normalized spacial score (nSPS) is 12.6. The van der Waals surface area contributed by atoms with Crippen molar-refractivity contribution in [3.8, 4) is 0 Å². The van der Waals surface area contributed by atoms with Crippen molar-refractivity contribution >= 4 is 16.7 Å². The Bertz CT molecular complexity index is 815. The third-order valence-corrected chi connectivity index (χ3v) is 3.11. The molecule has 0 bridgehead atoms. The first-order chi connectivity index (χ1) is 10.6. The molecule has 2 nitrogen and oxygen atoms in total. The summed E-state index contributed by atoms with van der Waals surface area (Å²) in [5.41, 5.74) is 0.864. The fraction of sp³-hybridized carbons (Fsp3) is 0.0556. The van der Waals surface area contributed by atoms with E-state index in [1.807, 2.05) is 36.4 Å². The van der Waals surface area contributed by atoms with Gasteiger partial charge in [0.1, 0.15) is 0 Å². The third-order valence-electron chi connectivity index (χ3n) is 3.11. The van der Waals surface area contributed by atoms with Crippen molar-refractivity contribution in [3.63, 3.8) is 0 Å². The average molecular weight is 263 g/mol. The van der Waals surface area contributed by atoms with Crippen molar-refractivity contribution in [1.29, 1.82) is 0 Å². The van der Waals surface area contributed by atoms with Crippen molar-refractivity contribution in [1.82, 2.24) is 5.32 Å². The molecule has 0 atom stereocenters. The number of nitrogens with one attached hydrogen (secondary N) is 1. The monoisotopic (exact) mass is 263 g/mol. The summed E-state index contributed by atoms with van der Waals surface area (Å²) >= 11 is 0. The topological polar surface area (TPSA) is 29.1 Å². The summed E-state index contributed by atoms with van der Waals surface area (Å²) < 4.78 is 16.1. The predicted molar refractivity (Wildman–Crippen MR) is 81.6 cm³/mol. The van der Waals surface area contributed by atoms with Gasteiger partial charge in [-0.3, -0.25) is 4.79 Å². The van der Waals surface area contributed by atoms with Gasteiger partial charge < -0.3 is 5.32 Å². The van der Waals surface area contributed by atoms with Gasteiger partial charge in [-0.2, -0.15) is 0 Å². The van der Waals surface area contributed by atoms with Gasteiger partial charge in [0.2, 0.25) is 0 Å². The summed E-state index contributed by atoms with van der Waals surface area (Å²) in [7, 11) is 0. The minimum Gasteiger partial charge on any atom is -0.348 e. The Balaban J connectivity index is 1.86. The highest BCUT2D eigenvalue weighted by Crippen LogP contribution is 2.15. The molecule has 2 heteroatoms. The molecule has 0 aromatic heterocycles. The van der Waals surface area contributed by atoms with Gasteiger partial charge in [-0.1, -0.05) is 60.7 Å². The van der Waals surface area contributed by atoms with Gasteiger partial charge in [0.05, 0.1) is 2.74 Å². The van der Waals surface area contributed by atoms with E-state index in [0.29, 0.717) is 11.1 Å². The number of rotatable bonds is 3. The van der Waals surface area contributed by atoms with Crippen LogP contribution in [0, 0.1) is 0 Å². The number of benzene rings is 3. The van der Waals surface area contributed by atoms with E-state index >= 15 is 0 Å². The second-order valence-corrected chi connectivity index (χ2v) is 4.51. The van der Waals surface area contributed by atoms with E-state index in [4.69, 9.17) is 2.74 Å². The van der Waals surface area contributed by atoms with Gasteiger partial charge in [-0.05, 0) is 28.5 Å². The summed E-state index contributed by atoms with van der Waals surface area (Å²) in [5, 5.41) is 4.45. The lowest BCUT2D eigenvalue weighted by molar-refractivity contribution is 0.0951. The van der Waals surface area contributed by atoms with E-state index < -0.39 is 12.4 Å². The fourth-order valence-electron chi connectivity index (χ4n) is 2.05. The van der Waals surface area contributed by atoms with Gasteiger partial charge >= 0.3 is 0 Å². The van der Waals surface area contributed by atoms with Crippen LogP contribution in [0.15, 0.2) is 72.8 Å². The molecule has 1 amide bonds. The zero-order valence-electron chi connectivity index (χ0n) is 12.8. The molecule has 3 aromatic rings. The van der Waals surface area contributed by atoms with Gasteiger partial charge in [0.15, 0.2) is 0 Å². The number of hydrogen-bond donors (Lipinski definition) is 1. The predicted octanol–water partition coefficient (Wildman–Crippen LogP) is 3.77. The molecule has 0 unspecified atom stereocenters. The van der Waals surface area contributed by atoms with E-state index in [9.17, 15) is 4.79 Å². The van der Waals surface area contributed by atoms with Crippen LogP contribution in [-0.2, 0) is 6.50 Å². The van der Waals surface area contributed by atoms with Crippen molar-refractivity contribution in [2.45, 2.75) is 6.50 Å². The zero-order valence-corrected chi connectivity index (χ0v) is 10.8. The molecule has 0 aliphatic heterocycles. The molecule has 0 saturated heterocycles. The Morgan fingerprint density at radius 1 is 0.900 bits per heavy atom. The Labute approximate surface area is 120 Å². The Morgan fingerprint density at radius 3 is 2.40 bits per heavy atom. The van der Waals surface area contributed by atoms with E-state index in [-0.39, 0.29) is 0 Å². The highest BCUT2D eigenvalue weighted by molar-refractivity contribution is 5.98. The molecular weight excluding hydrogens is 246 g/mol. The van der Waals surface area contributed by atoms with Gasteiger partial charge in [0, 0.05) is 12.1 Å².